The molecule has 0 saturated carbocycles. The first kappa shape index (κ1) is 25.4. The molecule has 2 nitrogen and oxygen atoms in total. The molecule has 1 heterocycles. The van der Waals surface area contributed by atoms with Gasteiger partial charge in [0.2, 0.25) is 0 Å². The van der Waals surface area contributed by atoms with Crippen LogP contribution in [-0.4, -0.2) is 9.97 Å². The number of nitrogens with zero attached hydrogens (tertiary/aromatic N) is 2. The molecule has 0 unspecified atom stereocenters. The fraction of sp³-hybridized carbons (Fsp3) is 0.0732. The normalized spacial score (nSPS) is 13.1. The molecule has 0 amide bonds. The highest BCUT2D eigenvalue weighted by molar-refractivity contribution is 6.00. The van der Waals surface area contributed by atoms with Gasteiger partial charge in [-0.1, -0.05) is 147 Å². The summed E-state index contributed by atoms with van der Waals surface area (Å²) < 4.78 is 0. The number of fused-ring (bicyclic) bond motifs is 5. The first-order valence-electron chi connectivity index (χ1n) is 14.8. The van der Waals surface area contributed by atoms with E-state index in [1.807, 2.05) is 6.07 Å². The zero-order valence-corrected chi connectivity index (χ0v) is 24.3. The molecule has 0 N–H and O–H groups in total. The zero-order chi connectivity index (χ0) is 29.0. The molecule has 0 fully saturated rings. The zero-order valence-electron chi connectivity index (χ0n) is 24.3. The van der Waals surface area contributed by atoms with E-state index in [2.05, 4.69) is 153 Å². The number of aromatic nitrogens is 2. The van der Waals surface area contributed by atoms with E-state index in [9.17, 15) is 0 Å². The maximum Gasteiger partial charge on any atom is 0.160 e. The fourth-order valence-electron chi connectivity index (χ4n) is 6.72. The van der Waals surface area contributed by atoms with Crippen molar-refractivity contribution in [1.29, 1.82) is 0 Å². The van der Waals surface area contributed by atoms with Gasteiger partial charge in [0.15, 0.2) is 5.82 Å². The molecule has 0 saturated heterocycles. The van der Waals surface area contributed by atoms with E-state index < -0.39 is 0 Å². The van der Waals surface area contributed by atoms with Crippen LogP contribution in [0.5, 0.6) is 0 Å². The van der Waals surface area contributed by atoms with Crippen LogP contribution in [0.15, 0.2) is 146 Å². The van der Waals surface area contributed by atoms with Gasteiger partial charge in [0.1, 0.15) is 0 Å². The summed E-state index contributed by atoms with van der Waals surface area (Å²) in [6.45, 7) is 4.61. The van der Waals surface area contributed by atoms with Gasteiger partial charge in [-0.3, -0.25) is 0 Å². The van der Waals surface area contributed by atoms with Crippen molar-refractivity contribution in [2.75, 3.05) is 0 Å². The lowest BCUT2D eigenvalue weighted by Crippen LogP contribution is -2.18. The lowest BCUT2D eigenvalue weighted by atomic mass is 9.82. The summed E-state index contributed by atoms with van der Waals surface area (Å²) in [7, 11) is 0. The monoisotopic (exact) mass is 550 g/mol. The Balaban J connectivity index is 1.36. The van der Waals surface area contributed by atoms with E-state index in [1.165, 1.54) is 44.2 Å². The predicted octanol–water partition coefficient (Wildman–Crippen LogP) is 10.6. The van der Waals surface area contributed by atoms with Gasteiger partial charge in [-0.15, -0.1) is 0 Å². The van der Waals surface area contributed by atoms with Gasteiger partial charge < -0.3 is 0 Å². The lowest BCUT2D eigenvalue weighted by Gasteiger charge is -2.22. The highest BCUT2D eigenvalue weighted by atomic mass is 14.9. The second kappa shape index (κ2) is 9.89. The second-order valence-corrected chi connectivity index (χ2v) is 11.8. The van der Waals surface area contributed by atoms with Gasteiger partial charge in [-0.2, -0.15) is 0 Å². The Bertz CT molecular complexity index is 2140. The lowest BCUT2D eigenvalue weighted by molar-refractivity contribution is 0.641. The molecule has 1 aliphatic rings. The Morgan fingerprint density at radius 1 is 0.465 bits per heavy atom. The summed E-state index contributed by atoms with van der Waals surface area (Å²) in [5, 5.41) is 2.53. The number of hydrogen-bond acceptors (Lipinski definition) is 2. The quantitative estimate of drug-likeness (QED) is 0.218. The standard InChI is InChI=1S/C41H30N2/c1-41(2)37-34-22-10-9-15-28(34)23-24-35(37)36-38(42-40(43-39(36)41)29-16-7-4-8-17-29)33-21-12-20-32(26-33)31-19-11-18-30(25-31)27-13-5-3-6-14-27/h3-26H,1-2H3. The van der Waals surface area contributed by atoms with Crippen LogP contribution in [0, 0.1) is 0 Å². The number of rotatable bonds is 4. The molecule has 7 aromatic rings. The van der Waals surface area contributed by atoms with Crippen molar-refractivity contribution in [3.63, 3.8) is 0 Å². The first-order chi connectivity index (χ1) is 21.1. The van der Waals surface area contributed by atoms with E-state index in [-0.39, 0.29) is 5.41 Å². The summed E-state index contributed by atoms with van der Waals surface area (Å²) in [4.78, 5) is 10.6. The minimum absolute atomic E-state index is 0.283. The molecule has 0 aliphatic heterocycles. The SMILES string of the molecule is CC1(C)c2nc(-c3ccccc3)nc(-c3cccc(-c4cccc(-c5ccccc5)c4)c3)c2-c2ccc3ccccc3c21. The summed E-state index contributed by atoms with van der Waals surface area (Å²) in [6, 6.07) is 51.7. The minimum Gasteiger partial charge on any atom is -0.231 e. The van der Waals surface area contributed by atoms with E-state index in [0.717, 1.165) is 33.9 Å². The number of hydrogen-bond donors (Lipinski definition) is 0. The molecule has 8 rings (SSSR count). The van der Waals surface area contributed by atoms with E-state index in [1.54, 1.807) is 0 Å². The molecule has 1 aromatic heterocycles. The largest absolute Gasteiger partial charge is 0.231 e. The van der Waals surface area contributed by atoms with Crippen LogP contribution in [0.4, 0.5) is 0 Å². The highest BCUT2D eigenvalue weighted by Gasteiger charge is 2.41. The summed E-state index contributed by atoms with van der Waals surface area (Å²) in [5.41, 5.74) is 12.4. The van der Waals surface area contributed by atoms with Crippen LogP contribution >= 0.6 is 0 Å². The first-order valence-corrected chi connectivity index (χ1v) is 14.8. The Morgan fingerprint density at radius 3 is 1.74 bits per heavy atom. The molecule has 43 heavy (non-hydrogen) atoms. The third-order valence-electron chi connectivity index (χ3n) is 8.80. The summed E-state index contributed by atoms with van der Waals surface area (Å²) >= 11 is 0. The Labute approximate surface area is 252 Å². The predicted molar refractivity (Wildman–Crippen MR) is 179 cm³/mol. The van der Waals surface area contributed by atoms with Crippen molar-refractivity contribution in [1.82, 2.24) is 9.97 Å². The summed E-state index contributed by atoms with van der Waals surface area (Å²) in [5.74, 6) is 0.760. The topological polar surface area (TPSA) is 25.8 Å². The Morgan fingerprint density at radius 2 is 1.02 bits per heavy atom. The van der Waals surface area contributed by atoms with E-state index in [4.69, 9.17) is 9.97 Å². The molecule has 0 atom stereocenters. The van der Waals surface area contributed by atoms with E-state index in [0.29, 0.717) is 0 Å². The molecular weight excluding hydrogens is 520 g/mol. The minimum atomic E-state index is -0.283. The third kappa shape index (κ3) is 4.18. The molecule has 0 bridgehead atoms. The van der Waals surface area contributed by atoms with E-state index >= 15 is 0 Å². The van der Waals surface area contributed by atoms with Crippen LogP contribution in [0.2, 0.25) is 0 Å². The maximum absolute atomic E-state index is 5.32. The maximum atomic E-state index is 5.32. The molecule has 204 valence electrons. The van der Waals surface area contributed by atoms with Crippen LogP contribution in [-0.2, 0) is 5.41 Å². The van der Waals surface area contributed by atoms with Crippen LogP contribution < -0.4 is 0 Å². The molecule has 2 heteroatoms. The average Bonchev–Trinajstić information content (AvgIpc) is 3.31. The van der Waals surface area contributed by atoms with Crippen molar-refractivity contribution in [2.24, 2.45) is 0 Å². The van der Waals surface area contributed by atoms with Gasteiger partial charge in [0, 0.05) is 22.1 Å². The molecular formula is C41H30N2. The molecule has 0 spiro atoms. The van der Waals surface area contributed by atoms with Crippen molar-refractivity contribution in [2.45, 2.75) is 19.3 Å². The smallest absolute Gasteiger partial charge is 0.160 e. The van der Waals surface area contributed by atoms with Gasteiger partial charge in [0.05, 0.1) is 11.4 Å². The summed E-state index contributed by atoms with van der Waals surface area (Å²) in [6.07, 6.45) is 0. The van der Waals surface area contributed by atoms with Gasteiger partial charge in [0.25, 0.3) is 0 Å². The third-order valence-corrected chi connectivity index (χ3v) is 8.80. The highest BCUT2D eigenvalue weighted by Crippen LogP contribution is 2.53. The van der Waals surface area contributed by atoms with Crippen LogP contribution in [0.3, 0.4) is 0 Å². The van der Waals surface area contributed by atoms with Gasteiger partial charge in [-0.05, 0) is 56.3 Å². The fourth-order valence-corrected chi connectivity index (χ4v) is 6.72. The molecule has 6 aromatic carbocycles. The molecule has 1 aliphatic carbocycles. The van der Waals surface area contributed by atoms with Crippen molar-refractivity contribution >= 4 is 10.8 Å². The van der Waals surface area contributed by atoms with Gasteiger partial charge in [-0.25, -0.2) is 9.97 Å². The number of benzene rings is 6. The van der Waals surface area contributed by atoms with Crippen molar-refractivity contribution in [3.8, 4) is 56.0 Å². The Kier molecular flexibility index (Phi) is 5.84. The van der Waals surface area contributed by atoms with Crippen molar-refractivity contribution < 1.29 is 0 Å². The average molecular weight is 551 g/mol. The van der Waals surface area contributed by atoms with Gasteiger partial charge >= 0.3 is 0 Å². The molecule has 0 radical (unpaired) electrons. The second-order valence-electron chi connectivity index (χ2n) is 11.8. The Hall–Kier alpha value is -5.34. The van der Waals surface area contributed by atoms with Crippen LogP contribution in [0.1, 0.15) is 25.1 Å². The van der Waals surface area contributed by atoms with Crippen molar-refractivity contribution in [3.05, 3.63) is 157 Å². The van der Waals surface area contributed by atoms with Crippen LogP contribution in [0.25, 0.3) is 66.8 Å².